The van der Waals surface area contributed by atoms with Gasteiger partial charge in [-0.25, -0.2) is 0 Å². The zero-order valence-corrected chi connectivity index (χ0v) is 7.24. The Balaban J connectivity index is 3.74. The molecule has 0 bridgehead atoms. The number of rotatable bonds is 3. The van der Waals surface area contributed by atoms with Gasteiger partial charge in [-0.15, -0.1) is 0 Å². The van der Waals surface area contributed by atoms with E-state index in [9.17, 15) is 0 Å². The molecular weight excluding hydrogens is 178 g/mol. The second kappa shape index (κ2) is 4.77. The molecule has 0 fully saturated rings. The molecule has 1 nitrogen and oxygen atoms in total. The lowest BCUT2D eigenvalue weighted by atomic mass is 10.2. The Bertz CT molecular complexity index is 127. The fourth-order valence-corrected chi connectivity index (χ4v) is 0.696. The third-order valence-electron chi connectivity index (χ3n) is 1.04. The predicted molar refractivity (Wildman–Crippen MR) is 45.5 cm³/mol. The molecule has 0 aliphatic rings. The minimum absolute atomic E-state index is 0.668. The normalized spacial score (nSPS) is 11.7. The summed E-state index contributed by atoms with van der Waals surface area (Å²) in [5, 5.41) is 0. The first-order valence-corrected chi connectivity index (χ1v) is 3.71. The molecule has 2 N–H and O–H groups in total. The highest BCUT2D eigenvalue weighted by Crippen LogP contribution is 2.16. The van der Waals surface area contributed by atoms with Crippen molar-refractivity contribution in [3.63, 3.8) is 0 Å². The number of allylic oxidation sites excluding steroid dienone is 2. The third kappa shape index (κ3) is 3.49. The molecule has 2 heteroatoms. The Hall–Kier alpha value is -0.0800. The highest BCUT2D eigenvalue weighted by atomic mass is 79.9. The van der Waals surface area contributed by atoms with E-state index in [2.05, 4.69) is 22.5 Å². The Labute approximate surface area is 64.8 Å². The maximum absolute atomic E-state index is 5.31. The third-order valence-corrected chi connectivity index (χ3v) is 2.06. The Kier molecular flexibility index (Phi) is 4.72. The van der Waals surface area contributed by atoms with Crippen LogP contribution >= 0.6 is 15.9 Å². The quantitative estimate of drug-likeness (QED) is 0.678. The molecule has 0 saturated heterocycles. The molecule has 0 aromatic carbocycles. The van der Waals surface area contributed by atoms with Crippen molar-refractivity contribution in [1.82, 2.24) is 0 Å². The number of nitrogens with two attached hydrogens (primary N) is 1. The lowest BCUT2D eigenvalue weighted by Gasteiger charge is -1.99. The maximum Gasteiger partial charge on any atom is 0.0159 e. The van der Waals surface area contributed by atoms with Gasteiger partial charge in [-0.2, -0.15) is 0 Å². The molecule has 0 aromatic rings. The topological polar surface area (TPSA) is 26.0 Å². The van der Waals surface area contributed by atoms with Crippen molar-refractivity contribution in [3.05, 3.63) is 22.7 Å². The number of halogens is 1. The summed E-state index contributed by atoms with van der Waals surface area (Å²) in [5.74, 6) is 0. The summed E-state index contributed by atoms with van der Waals surface area (Å²) in [7, 11) is 0. The molecule has 0 atom stereocenters. The molecule has 0 aromatic heterocycles. The van der Waals surface area contributed by atoms with E-state index in [4.69, 9.17) is 5.73 Å². The van der Waals surface area contributed by atoms with E-state index in [1.807, 2.05) is 13.0 Å². The summed E-state index contributed by atoms with van der Waals surface area (Å²) in [6.07, 6.45) is 2.84. The van der Waals surface area contributed by atoms with Crippen LogP contribution in [-0.2, 0) is 0 Å². The fourth-order valence-electron chi connectivity index (χ4n) is 0.498. The highest BCUT2D eigenvalue weighted by Gasteiger charge is 1.93. The largest absolute Gasteiger partial charge is 0.330 e. The van der Waals surface area contributed by atoms with Gasteiger partial charge in [0.2, 0.25) is 0 Å². The van der Waals surface area contributed by atoms with Gasteiger partial charge in [0.25, 0.3) is 0 Å². The Morgan fingerprint density at radius 2 is 2.33 bits per heavy atom. The van der Waals surface area contributed by atoms with Crippen molar-refractivity contribution < 1.29 is 0 Å². The molecule has 0 aliphatic heterocycles. The van der Waals surface area contributed by atoms with Gasteiger partial charge in [0, 0.05) is 4.48 Å². The van der Waals surface area contributed by atoms with Crippen LogP contribution < -0.4 is 5.73 Å². The molecule has 0 amide bonds. The van der Waals surface area contributed by atoms with Gasteiger partial charge in [0.15, 0.2) is 0 Å². The van der Waals surface area contributed by atoms with E-state index in [0.29, 0.717) is 6.54 Å². The predicted octanol–water partition coefficient (Wildman–Crippen LogP) is 2.19. The zero-order chi connectivity index (χ0) is 7.28. The lowest BCUT2D eigenvalue weighted by Crippen LogP contribution is -1.99. The summed E-state index contributed by atoms with van der Waals surface area (Å²) in [6.45, 7) is 6.45. The van der Waals surface area contributed by atoms with Crippen LogP contribution in [0.3, 0.4) is 0 Å². The van der Waals surface area contributed by atoms with E-state index in [1.165, 1.54) is 0 Å². The van der Waals surface area contributed by atoms with Crippen LogP contribution in [0.2, 0.25) is 0 Å². The van der Waals surface area contributed by atoms with Gasteiger partial charge in [0.05, 0.1) is 0 Å². The first-order valence-electron chi connectivity index (χ1n) is 2.92. The number of hydrogen-bond acceptors (Lipinski definition) is 1. The monoisotopic (exact) mass is 189 g/mol. The smallest absolute Gasteiger partial charge is 0.0159 e. The van der Waals surface area contributed by atoms with Gasteiger partial charge >= 0.3 is 0 Å². The van der Waals surface area contributed by atoms with Crippen LogP contribution in [0.4, 0.5) is 0 Å². The molecule has 0 aliphatic carbocycles. The van der Waals surface area contributed by atoms with Gasteiger partial charge < -0.3 is 5.73 Å². The summed E-state index contributed by atoms with van der Waals surface area (Å²) in [4.78, 5) is 0. The average molecular weight is 190 g/mol. The van der Waals surface area contributed by atoms with Crippen LogP contribution in [0.25, 0.3) is 0 Å². The van der Waals surface area contributed by atoms with E-state index in [0.717, 1.165) is 16.5 Å². The summed E-state index contributed by atoms with van der Waals surface area (Å²) >= 11 is 3.35. The van der Waals surface area contributed by atoms with Crippen molar-refractivity contribution in [3.8, 4) is 0 Å². The minimum atomic E-state index is 0.668. The molecule has 0 unspecified atom stereocenters. The second-order valence-corrected chi connectivity index (χ2v) is 2.63. The van der Waals surface area contributed by atoms with Gasteiger partial charge in [-0.05, 0) is 25.5 Å². The molecule has 0 rings (SSSR count). The van der Waals surface area contributed by atoms with E-state index < -0.39 is 0 Å². The SMILES string of the molecule is C=C(CCN)/C(Br)=C\C. The molecule has 9 heavy (non-hydrogen) atoms. The molecule has 52 valence electrons. The summed E-state index contributed by atoms with van der Waals surface area (Å²) in [6, 6.07) is 0. The van der Waals surface area contributed by atoms with E-state index in [1.54, 1.807) is 0 Å². The van der Waals surface area contributed by atoms with E-state index >= 15 is 0 Å². The fraction of sp³-hybridized carbons (Fsp3) is 0.429. The first kappa shape index (κ1) is 8.92. The van der Waals surface area contributed by atoms with Crippen molar-refractivity contribution >= 4 is 15.9 Å². The molecular formula is C7H12BrN. The lowest BCUT2D eigenvalue weighted by molar-refractivity contribution is 0.974. The second-order valence-electron chi connectivity index (χ2n) is 1.78. The summed E-state index contributed by atoms with van der Waals surface area (Å²) in [5.41, 5.74) is 6.38. The highest BCUT2D eigenvalue weighted by molar-refractivity contribution is 9.12. The minimum Gasteiger partial charge on any atom is -0.330 e. The standard InChI is InChI=1S/C7H12BrN/c1-3-7(8)6(2)4-5-9/h3H,2,4-5,9H2,1H3/b7-3+. The zero-order valence-electron chi connectivity index (χ0n) is 5.65. The van der Waals surface area contributed by atoms with Crippen LogP contribution in [-0.4, -0.2) is 6.54 Å². The van der Waals surface area contributed by atoms with Crippen LogP contribution in [0.5, 0.6) is 0 Å². The van der Waals surface area contributed by atoms with E-state index in [-0.39, 0.29) is 0 Å². The van der Waals surface area contributed by atoms with Crippen LogP contribution in [0, 0.1) is 0 Å². The van der Waals surface area contributed by atoms with Gasteiger partial charge in [-0.3, -0.25) is 0 Å². The van der Waals surface area contributed by atoms with Crippen molar-refractivity contribution in [1.29, 1.82) is 0 Å². The van der Waals surface area contributed by atoms with Gasteiger partial charge in [-0.1, -0.05) is 28.6 Å². The number of hydrogen-bond donors (Lipinski definition) is 1. The Morgan fingerprint density at radius 3 is 2.67 bits per heavy atom. The van der Waals surface area contributed by atoms with Gasteiger partial charge in [0.1, 0.15) is 0 Å². The molecule has 0 heterocycles. The van der Waals surface area contributed by atoms with Crippen LogP contribution in [0.15, 0.2) is 22.7 Å². The van der Waals surface area contributed by atoms with Crippen molar-refractivity contribution in [2.45, 2.75) is 13.3 Å². The average Bonchev–Trinajstić information content (AvgIpc) is 1.87. The van der Waals surface area contributed by atoms with Crippen molar-refractivity contribution in [2.75, 3.05) is 6.54 Å². The van der Waals surface area contributed by atoms with Crippen LogP contribution in [0.1, 0.15) is 13.3 Å². The molecule has 0 saturated carbocycles. The van der Waals surface area contributed by atoms with Crippen molar-refractivity contribution in [2.24, 2.45) is 5.73 Å². The summed E-state index contributed by atoms with van der Waals surface area (Å²) < 4.78 is 1.06. The molecule has 0 spiro atoms. The molecule has 0 radical (unpaired) electrons. The first-order chi connectivity index (χ1) is 4.22. The maximum atomic E-state index is 5.31. The Morgan fingerprint density at radius 1 is 1.78 bits per heavy atom.